The molecule has 1 aliphatic rings. The summed E-state index contributed by atoms with van der Waals surface area (Å²) in [6, 6.07) is 12.3. The molecular weight excluding hydrogens is 395 g/mol. The number of hydrogen-bond donors (Lipinski definition) is 1. The molecule has 0 amide bonds. The molecule has 8 heteroatoms. The molecule has 31 heavy (non-hydrogen) atoms. The van der Waals surface area contributed by atoms with Crippen molar-refractivity contribution in [2.24, 2.45) is 0 Å². The number of benzene rings is 2. The van der Waals surface area contributed by atoms with Crippen molar-refractivity contribution in [2.75, 3.05) is 11.9 Å². The zero-order chi connectivity index (χ0) is 21.4. The molecule has 0 atom stereocenters. The Bertz CT molecular complexity index is 1410. The van der Waals surface area contributed by atoms with Crippen LogP contribution in [0.4, 0.5) is 16.0 Å². The van der Waals surface area contributed by atoms with Crippen LogP contribution in [0.2, 0.25) is 0 Å². The number of fused-ring (bicyclic) bond motifs is 2. The lowest BCUT2D eigenvalue weighted by Crippen LogP contribution is -2.09. The predicted octanol–water partition coefficient (Wildman–Crippen LogP) is 4.50. The molecule has 0 saturated carbocycles. The van der Waals surface area contributed by atoms with Gasteiger partial charge in [0.15, 0.2) is 11.4 Å². The maximum atomic E-state index is 14.5. The number of rotatable bonds is 4. The molecule has 0 saturated heterocycles. The molecule has 2 aromatic heterocycles. The summed E-state index contributed by atoms with van der Waals surface area (Å²) in [5.41, 5.74) is 3.89. The second-order valence-electron chi connectivity index (χ2n) is 7.01. The van der Waals surface area contributed by atoms with Gasteiger partial charge in [-0.15, -0.1) is 0 Å². The first-order valence-electron chi connectivity index (χ1n) is 9.61. The fourth-order valence-corrected chi connectivity index (χ4v) is 3.82. The summed E-state index contributed by atoms with van der Waals surface area (Å²) in [5.74, 6) is 0.819. The van der Waals surface area contributed by atoms with Crippen LogP contribution >= 0.6 is 0 Å². The van der Waals surface area contributed by atoms with E-state index in [-0.39, 0.29) is 18.1 Å². The van der Waals surface area contributed by atoms with Gasteiger partial charge in [-0.1, -0.05) is 24.3 Å². The molecule has 0 radical (unpaired) electrons. The van der Waals surface area contributed by atoms with Gasteiger partial charge >= 0.3 is 0 Å². The summed E-state index contributed by atoms with van der Waals surface area (Å²) in [7, 11) is 0. The minimum absolute atomic E-state index is 0.207. The SMILES string of the molecule is [C-]#[N+]c1ccccc1-c1cnc(NCc2c(F)ccc3c2CCO3)n2cc(C#N)nc12. The Morgan fingerprint density at radius 1 is 1.26 bits per heavy atom. The third-order valence-corrected chi connectivity index (χ3v) is 5.28. The van der Waals surface area contributed by atoms with Gasteiger partial charge in [0, 0.05) is 35.9 Å². The molecule has 0 aliphatic carbocycles. The van der Waals surface area contributed by atoms with Gasteiger partial charge < -0.3 is 10.1 Å². The number of imidazole rings is 1. The highest BCUT2D eigenvalue weighted by Crippen LogP contribution is 2.34. The van der Waals surface area contributed by atoms with Crippen LogP contribution in [-0.4, -0.2) is 21.0 Å². The Morgan fingerprint density at radius 2 is 2.13 bits per heavy atom. The van der Waals surface area contributed by atoms with E-state index >= 15 is 0 Å². The molecule has 4 aromatic rings. The molecule has 0 spiro atoms. The Labute approximate surface area is 177 Å². The summed E-state index contributed by atoms with van der Waals surface area (Å²) < 4.78 is 21.7. The summed E-state index contributed by atoms with van der Waals surface area (Å²) in [6.07, 6.45) is 3.84. The highest BCUT2D eigenvalue weighted by atomic mass is 19.1. The number of nitrogens with one attached hydrogen (secondary N) is 1. The molecule has 0 fully saturated rings. The zero-order valence-electron chi connectivity index (χ0n) is 16.3. The molecule has 0 bridgehead atoms. The highest BCUT2D eigenvalue weighted by Gasteiger charge is 2.20. The molecule has 3 heterocycles. The van der Waals surface area contributed by atoms with E-state index in [1.54, 1.807) is 35.0 Å². The Balaban J connectivity index is 1.58. The second kappa shape index (κ2) is 7.43. The average Bonchev–Trinajstić information content (AvgIpc) is 3.45. The van der Waals surface area contributed by atoms with Crippen molar-refractivity contribution in [2.45, 2.75) is 13.0 Å². The molecule has 2 aromatic carbocycles. The molecule has 1 N–H and O–H groups in total. The summed E-state index contributed by atoms with van der Waals surface area (Å²) in [4.78, 5) is 12.5. The fourth-order valence-electron chi connectivity index (χ4n) is 3.82. The summed E-state index contributed by atoms with van der Waals surface area (Å²) in [5, 5.41) is 12.5. The quantitative estimate of drug-likeness (QED) is 0.501. The number of nitrogens with zero attached hydrogens (tertiary/aromatic N) is 5. The highest BCUT2D eigenvalue weighted by molar-refractivity contribution is 5.86. The Kier molecular flexibility index (Phi) is 4.46. The first-order valence-corrected chi connectivity index (χ1v) is 9.61. The van der Waals surface area contributed by atoms with Crippen LogP contribution < -0.4 is 10.1 Å². The Hall–Kier alpha value is -4.43. The number of aromatic nitrogens is 3. The minimum Gasteiger partial charge on any atom is -0.493 e. The molecular formula is C23H15FN6O. The van der Waals surface area contributed by atoms with Crippen LogP contribution in [-0.2, 0) is 13.0 Å². The van der Waals surface area contributed by atoms with E-state index in [9.17, 15) is 9.65 Å². The average molecular weight is 410 g/mol. The zero-order valence-corrected chi connectivity index (χ0v) is 16.3. The number of nitriles is 1. The lowest BCUT2D eigenvalue weighted by atomic mass is 10.0. The monoisotopic (exact) mass is 410 g/mol. The van der Waals surface area contributed by atoms with Crippen molar-refractivity contribution in [1.29, 1.82) is 5.26 Å². The maximum Gasteiger partial charge on any atom is 0.208 e. The minimum atomic E-state index is -0.307. The number of para-hydroxylation sites is 1. The summed E-state index contributed by atoms with van der Waals surface area (Å²) >= 11 is 0. The topological polar surface area (TPSA) is 79.6 Å². The van der Waals surface area contributed by atoms with Crippen LogP contribution in [0, 0.1) is 23.7 Å². The van der Waals surface area contributed by atoms with E-state index in [1.165, 1.54) is 6.07 Å². The third kappa shape index (κ3) is 3.11. The standard InChI is InChI=1S/C23H15FN6O/c1-26-20-5-3-2-4-15(20)18-12-28-23(30-13-14(10-25)29-22(18)30)27-11-17-16-8-9-31-21(16)7-6-19(17)24/h2-7,12-13H,8-9,11H2,(H,27,28). The van der Waals surface area contributed by atoms with Crippen LogP contribution in [0.25, 0.3) is 21.6 Å². The Morgan fingerprint density at radius 3 is 2.97 bits per heavy atom. The maximum absolute atomic E-state index is 14.5. The second-order valence-corrected chi connectivity index (χ2v) is 7.01. The largest absolute Gasteiger partial charge is 0.493 e. The number of hydrogen-bond acceptors (Lipinski definition) is 5. The molecule has 5 rings (SSSR count). The normalized spacial score (nSPS) is 12.1. The van der Waals surface area contributed by atoms with Crippen LogP contribution in [0.15, 0.2) is 48.8 Å². The van der Waals surface area contributed by atoms with E-state index < -0.39 is 0 Å². The van der Waals surface area contributed by atoms with Crippen LogP contribution in [0.1, 0.15) is 16.8 Å². The van der Waals surface area contributed by atoms with Crippen molar-refractivity contribution >= 4 is 17.3 Å². The molecule has 7 nitrogen and oxygen atoms in total. The lowest BCUT2D eigenvalue weighted by molar-refractivity contribution is 0.356. The van der Waals surface area contributed by atoms with Gasteiger partial charge in [0.05, 0.1) is 19.4 Å². The number of halogens is 1. The fraction of sp³-hybridized carbons (Fsp3) is 0.130. The predicted molar refractivity (Wildman–Crippen MR) is 112 cm³/mol. The van der Waals surface area contributed by atoms with E-state index in [1.807, 2.05) is 18.2 Å². The number of ether oxygens (including phenoxy) is 1. The number of anilines is 1. The first kappa shape index (κ1) is 18.6. The first-order chi connectivity index (χ1) is 15.2. The van der Waals surface area contributed by atoms with E-state index in [0.717, 1.165) is 5.56 Å². The van der Waals surface area contributed by atoms with Crippen molar-refractivity contribution in [3.8, 4) is 22.9 Å². The summed E-state index contributed by atoms with van der Waals surface area (Å²) in [6.45, 7) is 8.18. The lowest BCUT2D eigenvalue weighted by Gasteiger charge is -2.13. The van der Waals surface area contributed by atoms with Gasteiger partial charge in [-0.2, -0.15) is 5.26 Å². The van der Waals surface area contributed by atoms with E-state index in [0.29, 0.717) is 52.8 Å². The van der Waals surface area contributed by atoms with E-state index in [2.05, 4.69) is 20.1 Å². The van der Waals surface area contributed by atoms with Crippen molar-refractivity contribution in [1.82, 2.24) is 14.4 Å². The smallest absolute Gasteiger partial charge is 0.208 e. The molecule has 150 valence electrons. The van der Waals surface area contributed by atoms with Gasteiger partial charge in [0.25, 0.3) is 0 Å². The van der Waals surface area contributed by atoms with Crippen molar-refractivity contribution in [3.63, 3.8) is 0 Å². The van der Waals surface area contributed by atoms with Gasteiger partial charge in [-0.25, -0.2) is 19.2 Å². The third-order valence-electron chi connectivity index (χ3n) is 5.28. The van der Waals surface area contributed by atoms with Crippen molar-refractivity contribution in [3.05, 3.63) is 82.8 Å². The van der Waals surface area contributed by atoms with Crippen LogP contribution in [0.5, 0.6) is 5.75 Å². The van der Waals surface area contributed by atoms with Gasteiger partial charge in [-0.05, 0) is 17.7 Å². The van der Waals surface area contributed by atoms with E-state index in [4.69, 9.17) is 11.3 Å². The van der Waals surface area contributed by atoms with Gasteiger partial charge in [0.1, 0.15) is 23.3 Å². The van der Waals surface area contributed by atoms with Gasteiger partial charge in [-0.3, -0.25) is 4.40 Å². The molecule has 0 unspecified atom stereocenters. The van der Waals surface area contributed by atoms with Gasteiger partial charge in [0.2, 0.25) is 5.95 Å². The van der Waals surface area contributed by atoms with Crippen molar-refractivity contribution < 1.29 is 9.13 Å². The van der Waals surface area contributed by atoms with Crippen LogP contribution in [0.3, 0.4) is 0 Å². The molecule has 1 aliphatic heterocycles.